The van der Waals surface area contributed by atoms with E-state index in [-0.39, 0.29) is 0 Å². The van der Waals surface area contributed by atoms with Gasteiger partial charge in [-0.1, -0.05) is 0 Å². The zero-order chi connectivity index (χ0) is 13.8. The summed E-state index contributed by atoms with van der Waals surface area (Å²) in [5, 5.41) is 8.15. The minimum absolute atomic E-state index is 0.440. The van der Waals surface area contributed by atoms with Crippen LogP contribution in [0.4, 0.5) is 0 Å². The maximum absolute atomic E-state index is 4.67. The van der Waals surface area contributed by atoms with Crippen LogP contribution in [0.3, 0.4) is 0 Å². The smallest absolute Gasteiger partial charge is 0.0640 e. The van der Waals surface area contributed by atoms with Gasteiger partial charge in [-0.2, -0.15) is 16.9 Å². The largest absolute Gasteiger partial charge is 0.315 e. The molecule has 1 aliphatic rings. The predicted octanol–water partition coefficient (Wildman–Crippen LogP) is 1.64. The molecule has 1 fully saturated rings. The third-order valence-electron chi connectivity index (χ3n) is 3.90. The van der Waals surface area contributed by atoms with Gasteiger partial charge < -0.3 is 10.2 Å². The summed E-state index contributed by atoms with van der Waals surface area (Å²) in [7, 11) is 4.30. The van der Waals surface area contributed by atoms with Gasteiger partial charge in [0, 0.05) is 48.8 Å². The van der Waals surface area contributed by atoms with Crippen LogP contribution >= 0.6 is 11.8 Å². The van der Waals surface area contributed by atoms with Gasteiger partial charge in [0.1, 0.15) is 0 Å². The molecule has 19 heavy (non-hydrogen) atoms. The van der Waals surface area contributed by atoms with E-state index in [1.807, 2.05) is 4.68 Å². The molecule has 0 aliphatic carbocycles. The summed E-state index contributed by atoms with van der Waals surface area (Å²) in [5.41, 5.74) is 1.19. The first kappa shape index (κ1) is 14.9. The van der Waals surface area contributed by atoms with Crippen LogP contribution in [0.25, 0.3) is 0 Å². The zero-order valence-electron chi connectivity index (χ0n) is 12.5. The zero-order valence-corrected chi connectivity index (χ0v) is 13.3. The number of rotatable bonds is 5. The van der Waals surface area contributed by atoms with E-state index in [1.54, 1.807) is 0 Å². The van der Waals surface area contributed by atoms with Crippen LogP contribution in [0.1, 0.15) is 25.6 Å². The molecule has 2 heterocycles. The molecule has 0 aromatic carbocycles. The Morgan fingerprint density at radius 1 is 1.53 bits per heavy atom. The predicted molar refractivity (Wildman–Crippen MR) is 82.9 cm³/mol. The lowest BCUT2D eigenvalue weighted by atomic mass is 10.0. The highest BCUT2D eigenvalue weighted by molar-refractivity contribution is 7.99. The van der Waals surface area contributed by atoms with Gasteiger partial charge in [0.05, 0.1) is 5.69 Å². The van der Waals surface area contributed by atoms with Crippen molar-refractivity contribution >= 4 is 11.8 Å². The first-order chi connectivity index (χ1) is 9.11. The molecule has 0 amide bonds. The molecule has 5 heteroatoms. The number of nitrogens with zero attached hydrogens (tertiary/aromatic N) is 3. The van der Waals surface area contributed by atoms with Crippen molar-refractivity contribution in [1.82, 2.24) is 20.0 Å². The van der Waals surface area contributed by atoms with Gasteiger partial charge in [-0.3, -0.25) is 4.68 Å². The second-order valence-corrected chi connectivity index (χ2v) is 6.75. The molecule has 1 saturated heterocycles. The van der Waals surface area contributed by atoms with Gasteiger partial charge >= 0.3 is 0 Å². The molecule has 0 bridgehead atoms. The summed E-state index contributed by atoms with van der Waals surface area (Å²) >= 11 is 2.06. The molecule has 0 radical (unpaired) electrons. The standard InChI is InChI=1S/C14H26N4S/c1-11(2)18-6-5-12(16-18)9-13(15-3)14-10-19-8-7-17(14)4/h5-6,11,13-15H,7-10H2,1-4H3. The molecule has 1 aromatic heterocycles. The fourth-order valence-corrected chi connectivity index (χ4v) is 3.87. The van der Waals surface area contributed by atoms with E-state index >= 15 is 0 Å². The van der Waals surface area contributed by atoms with E-state index in [0.717, 1.165) is 6.42 Å². The normalized spacial score (nSPS) is 22.9. The third kappa shape index (κ3) is 3.74. The van der Waals surface area contributed by atoms with Gasteiger partial charge in [-0.05, 0) is 34.0 Å². The Morgan fingerprint density at radius 2 is 2.32 bits per heavy atom. The second kappa shape index (κ2) is 6.77. The highest BCUT2D eigenvalue weighted by Crippen LogP contribution is 2.19. The fraction of sp³-hybridized carbons (Fsp3) is 0.786. The average Bonchev–Trinajstić information content (AvgIpc) is 2.86. The van der Waals surface area contributed by atoms with Crippen molar-refractivity contribution in [3.8, 4) is 0 Å². The maximum atomic E-state index is 4.67. The molecule has 4 nitrogen and oxygen atoms in total. The van der Waals surface area contributed by atoms with E-state index in [0.29, 0.717) is 18.1 Å². The molecule has 108 valence electrons. The molecule has 2 atom stereocenters. The summed E-state index contributed by atoms with van der Waals surface area (Å²) in [4.78, 5) is 2.48. The number of hydrogen-bond acceptors (Lipinski definition) is 4. The molecule has 0 saturated carbocycles. The Labute approximate surface area is 120 Å². The molecule has 2 unspecified atom stereocenters. The number of thioether (sulfide) groups is 1. The van der Waals surface area contributed by atoms with Gasteiger partial charge in [-0.25, -0.2) is 0 Å². The fourth-order valence-electron chi connectivity index (χ4n) is 2.56. The van der Waals surface area contributed by atoms with Gasteiger partial charge in [-0.15, -0.1) is 0 Å². The first-order valence-electron chi connectivity index (χ1n) is 7.11. The first-order valence-corrected chi connectivity index (χ1v) is 8.26. The molecule has 2 rings (SSSR count). The summed E-state index contributed by atoms with van der Waals surface area (Å²) in [6, 6.07) is 3.68. The number of nitrogens with one attached hydrogen (secondary N) is 1. The molecule has 1 aliphatic heterocycles. The average molecular weight is 282 g/mol. The lowest BCUT2D eigenvalue weighted by Crippen LogP contribution is -2.52. The van der Waals surface area contributed by atoms with Crippen molar-refractivity contribution in [2.24, 2.45) is 0 Å². The Morgan fingerprint density at radius 3 is 2.89 bits per heavy atom. The Bertz CT molecular complexity index is 391. The van der Waals surface area contributed by atoms with Crippen molar-refractivity contribution in [3.63, 3.8) is 0 Å². The van der Waals surface area contributed by atoms with Crippen molar-refractivity contribution in [2.75, 3.05) is 32.1 Å². The topological polar surface area (TPSA) is 33.1 Å². The van der Waals surface area contributed by atoms with Gasteiger partial charge in [0.25, 0.3) is 0 Å². The quantitative estimate of drug-likeness (QED) is 0.890. The van der Waals surface area contributed by atoms with Crippen molar-refractivity contribution in [2.45, 2.75) is 38.4 Å². The minimum Gasteiger partial charge on any atom is -0.315 e. The SMILES string of the molecule is CNC(Cc1ccn(C(C)C)n1)C1CSCCN1C. The summed E-state index contributed by atoms with van der Waals surface area (Å²) in [6.07, 6.45) is 3.10. The number of aromatic nitrogens is 2. The van der Waals surface area contributed by atoms with Crippen LogP contribution in [0.15, 0.2) is 12.3 Å². The minimum atomic E-state index is 0.440. The summed E-state index contributed by atoms with van der Waals surface area (Å²) in [5.74, 6) is 2.47. The Kier molecular flexibility index (Phi) is 5.30. The van der Waals surface area contributed by atoms with E-state index in [2.05, 4.69) is 67.3 Å². The van der Waals surface area contributed by atoms with Crippen molar-refractivity contribution < 1.29 is 0 Å². The van der Waals surface area contributed by atoms with Crippen LogP contribution in [-0.4, -0.2) is 58.9 Å². The van der Waals surface area contributed by atoms with E-state index in [4.69, 9.17) is 0 Å². The van der Waals surface area contributed by atoms with Crippen molar-refractivity contribution in [3.05, 3.63) is 18.0 Å². The lowest BCUT2D eigenvalue weighted by molar-refractivity contribution is 0.218. The molecule has 0 spiro atoms. The summed E-state index contributed by atoms with van der Waals surface area (Å²) in [6.45, 7) is 5.52. The number of likely N-dealkylation sites (N-methyl/N-ethyl adjacent to an activating group) is 2. The van der Waals surface area contributed by atoms with Crippen LogP contribution in [0.2, 0.25) is 0 Å². The van der Waals surface area contributed by atoms with Gasteiger partial charge in [0.2, 0.25) is 0 Å². The maximum Gasteiger partial charge on any atom is 0.0640 e. The van der Waals surface area contributed by atoms with E-state index < -0.39 is 0 Å². The number of hydrogen-bond donors (Lipinski definition) is 1. The van der Waals surface area contributed by atoms with Crippen LogP contribution < -0.4 is 5.32 Å². The molecular weight excluding hydrogens is 256 g/mol. The Hall–Kier alpha value is -0.520. The third-order valence-corrected chi connectivity index (χ3v) is 4.95. The van der Waals surface area contributed by atoms with E-state index in [1.165, 1.54) is 23.7 Å². The highest BCUT2D eigenvalue weighted by Gasteiger charge is 2.27. The molecular formula is C14H26N4S. The van der Waals surface area contributed by atoms with Crippen LogP contribution in [-0.2, 0) is 6.42 Å². The van der Waals surface area contributed by atoms with Crippen LogP contribution in [0.5, 0.6) is 0 Å². The highest BCUT2D eigenvalue weighted by atomic mass is 32.2. The summed E-state index contributed by atoms with van der Waals surface area (Å²) < 4.78 is 2.04. The monoisotopic (exact) mass is 282 g/mol. The van der Waals surface area contributed by atoms with Gasteiger partial charge in [0.15, 0.2) is 0 Å². The molecule has 1 aromatic rings. The lowest BCUT2D eigenvalue weighted by Gasteiger charge is -2.37. The Balaban J connectivity index is 2.01. The van der Waals surface area contributed by atoms with Crippen LogP contribution in [0, 0.1) is 0 Å². The molecule has 1 N–H and O–H groups in total. The van der Waals surface area contributed by atoms with Crippen molar-refractivity contribution in [1.29, 1.82) is 0 Å². The second-order valence-electron chi connectivity index (χ2n) is 5.60. The van der Waals surface area contributed by atoms with E-state index in [9.17, 15) is 0 Å².